The molecule has 33 heavy (non-hydrogen) atoms. The van der Waals surface area contributed by atoms with Crippen LogP contribution in [0.3, 0.4) is 0 Å². The quantitative estimate of drug-likeness (QED) is 0.724. The van der Waals surface area contributed by atoms with E-state index in [4.69, 9.17) is 16.3 Å². The van der Waals surface area contributed by atoms with Gasteiger partial charge in [0.05, 0.1) is 22.8 Å². The molecule has 0 radical (unpaired) electrons. The molecule has 1 N–H and O–H groups in total. The van der Waals surface area contributed by atoms with Gasteiger partial charge >= 0.3 is 6.18 Å². The number of hydrogen-bond acceptors (Lipinski definition) is 5. The smallest absolute Gasteiger partial charge is 0.417 e. The number of aromatic nitrogens is 1. The standard InChI is InChI=1S/C22H22ClF3N4O3/c1-27-20(31)18-12-30(16-4-2-3-5-17(16)33-18)21(32)13-6-8-29(9-7-13)19-15(23)10-14(11-28-19)22(24,25)26/h2-5,10-11,13,18H,6-9,12H2,1H3,(H,27,31)/t18-/m0/s1. The first-order valence-corrected chi connectivity index (χ1v) is 10.8. The average molecular weight is 483 g/mol. The van der Waals surface area contributed by atoms with E-state index in [0.29, 0.717) is 37.4 Å². The summed E-state index contributed by atoms with van der Waals surface area (Å²) >= 11 is 6.07. The lowest BCUT2D eigenvalue weighted by Gasteiger charge is -2.38. The molecule has 7 nitrogen and oxygen atoms in total. The maximum atomic E-state index is 13.4. The van der Waals surface area contributed by atoms with Crippen molar-refractivity contribution >= 4 is 34.9 Å². The summed E-state index contributed by atoms with van der Waals surface area (Å²) in [5.74, 6) is -0.0206. The van der Waals surface area contributed by atoms with Crippen LogP contribution in [0.2, 0.25) is 5.02 Å². The number of nitrogens with one attached hydrogen (secondary N) is 1. The van der Waals surface area contributed by atoms with Crippen LogP contribution < -0.4 is 19.9 Å². The van der Waals surface area contributed by atoms with Crippen LogP contribution in [-0.2, 0) is 15.8 Å². The number of carbonyl (C=O) groups excluding carboxylic acids is 2. The minimum Gasteiger partial charge on any atom is -0.477 e. The van der Waals surface area contributed by atoms with Gasteiger partial charge < -0.3 is 19.9 Å². The number of anilines is 2. The Morgan fingerprint density at radius 3 is 2.55 bits per heavy atom. The van der Waals surface area contributed by atoms with Crippen molar-refractivity contribution in [2.24, 2.45) is 5.92 Å². The van der Waals surface area contributed by atoms with Crippen LogP contribution in [0, 0.1) is 5.92 Å². The number of fused-ring (bicyclic) bond motifs is 1. The molecule has 1 aromatic heterocycles. The maximum absolute atomic E-state index is 13.4. The average Bonchev–Trinajstić information content (AvgIpc) is 2.82. The van der Waals surface area contributed by atoms with Crippen molar-refractivity contribution in [3.8, 4) is 5.75 Å². The molecule has 1 aromatic carbocycles. The van der Waals surface area contributed by atoms with Gasteiger partial charge in [-0.15, -0.1) is 0 Å². The third kappa shape index (κ3) is 4.71. The molecule has 0 bridgehead atoms. The van der Waals surface area contributed by atoms with Crippen molar-refractivity contribution in [1.82, 2.24) is 10.3 Å². The number of pyridine rings is 1. The first-order chi connectivity index (χ1) is 15.7. The van der Waals surface area contributed by atoms with Gasteiger partial charge in [-0.2, -0.15) is 13.2 Å². The Kier molecular flexibility index (Phi) is 6.38. The fourth-order valence-electron chi connectivity index (χ4n) is 4.12. The van der Waals surface area contributed by atoms with Crippen molar-refractivity contribution in [3.63, 3.8) is 0 Å². The highest BCUT2D eigenvalue weighted by atomic mass is 35.5. The SMILES string of the molecule is CNC(=O)[C@@H]1CN(C(=O)C2CCN(c3ncc(C(F)(F)F)cc3Cl)CC2)c2ccccc2O1. The topological polar surface area (TPSA) is 74.8 Å². The van der Waals surface area contributed by atoms with Gasteiger partial charge in [0.1, 0.15) is 11.6 Å². The molecule has 3 heterocycles. The molecule has 0 spiro atoms. The van der Waals surface area contributed by atoms with E-state index in [0.717, 1.165) is 12.3 Å². The number of carbonyl (C=O) groups is 2. The molecule has 176 valence electrons. The van der Waals surface area contributed by atoms with Crippen LogP contribution in [-0.4, -0.2) is 49.6 Å². The first kappa shape index (κ1) is 23.2. The molecule has 4 rings (SSSR count). The van der Waals surface area contributed by atoms with Gasteiger partial charge in [0.2, 0.25) is 5.91 Å². The lowest BCUT2D eigenvalue weighted by atomic mass is 9.94. The minimum absolute atomic E-state index is 0.0786. The summed E-state index contributed by atoms with van der Waals surface area (Å²) in [5, 5.41) is 2.47. The summed E-state index contributed by atoms with van der Waals surface area (Å²) in [6.07, 6.45) is -3.62. The van der Waals surface area contributed by atoms with Gasteiger partial charge in [-0.05, 0) is 31.0 Å². The molecular formula is C22H22ClF3N4O3. The Labute approximate surface area is 193 Å². The van der Waals surface area contributed by atoms with Crippen LogP contribution in [0.15, 0.2) is 36.5 Å². The largest absolute Gasteiger partial charge is 0.477 e. The molecule has 2 aliphatic heterocycles. The van der Waals surface area contributed by atoms with Crippen molar-refractivity contribution in [1.29, 1.82) is 0 Å². The van der Waals surface area contributed by atoms with Gasteiger partial charge in [-0.1, -0.05) is 23.7 Å². The van der Waals surface area contributed by atoms with Crippen LogP contribution >= 0.6 is 11.6 Å². The molecule has 1 saturated heterocycles. The number of halogens is 4. The summed E-state index contributed by atoms with van der Waals surface area (Å²) in [6.45, 7) is 0.931. The zero-order valence-corrected chi connectivity index (χ0v) is 18.5. The normalized spacial score (nSPS) is 19.0. The van der Waals surface area contributed by atoms with Crippen molar-refractivity contribution in [2.75, 3.05) is 36.5 Å². The van der Waals surface area contributed by atoms with E-state index < -0.39 is 17.8 Å². The Hall–Kier alpha value is -3.01. The summed E-state index contributed by atoms with van der Waals surface area (Å²) in [7, 11) is 1.51. The lowest BCUT2D eigenvalue weighted by Crippen LogP contribution is -2.52. The molecule has 2 aliphatic rings. The van der Waals surface area contributed by atoms with Gasteiger partial charge in [0.25, 0.3) is 5.91 Å². The molecule has 11 heteroatoms. The number of piperidine rings is 1. The molecule has 1 fully saturated rings. The van der Waals surface area contributed by atoms with Gasteiger partial charge in [-0.3, -0.25) is 9.59 Å². The molecule has 0 unspecified atom stereocenters. The second-order valence-electron chi connectivity index (χ2n) is 7.93. The number of benzene rings is 1. The molecule has 2 aromatic rings. The van der Waals surface area contributed by atoms with E-state index in [1.165, 1.54) is 7.05 Å². The summed E-state index contributed by atoms with van der Waals surface area (Å²) in [6, 6.07) is 7.92. The highest BCUT2D eigenvalue weighted by molar-refractivity contribution is 6.33. The third-order valence-corrected chi connectivity index (χ3v) is 6.15. The maximum Gasteiger partial charge on any atom is 0.417 e. The molecule has 0 aliphatic carbocycles. The predicted octanol–water partition coefficient (Wildman–Crippen LogP) is 3.51. The Morgan fingerprint density at radius 2 is 1.91 bits per heavy atom. The monoisotopic (exact) mass is 482 g/mol. The van der Waals surface area contributed by atoms with Crippen LogP contribution in [0.4, 0.5) is 24.7 Å². The summed E-state index contributed by atoms with van der Waals surface area (Å²) < 4.78 is 44.4. The number of para-hydroxylation sites is 2. The molecule has 0 saturated carbocycles. The van der Waals surface area contributed by atoms with Gasteiger partial charge in [-0.25, -0.2) is 4.98 Å². The number of hydrogen-bond donors (Lipinski definition) is 1. The van der Waals surface area contributed by atoms with E-state index in [9.17, 15) is 22.8 Å². The van der Waals surface area contributed by atoms with Crippen LogP contribution in [0.5, 0.6) is 5.75 Å². The highest BCUT2D eigenvalue weighted by Gasteiger charge is 2.38. The van der Waals surface area contributed by atoms with E-state index in [2.05, 4.69) is 10.3 Å². The number of amides is 2. The van der Waals surface area contributed by atoms with Gasteiger partial charge in [0, 0.05) is 32.3 Å². The van der Waals surface area contributed by atoms with Crippen molar-refractivity contribution in [2.45, 2.75) is 25.1 Å². The molecular weight excluding hydrogens is 461 g/mol. The number of likely N-dealkylation sites (N-methyl/N-ethyl adjacent to an activating group) is 1. The van der Waals surface area contributed by atoms with Gasteiger partial charge in [0.15, 0.2) is 6.10 Å². The van der Waals surface area contributed by atoms with E-state index >= 15 is 0 Å². The fourth-order valence-corrected chi connectivity index (χ4v) is 4.40. The summed E-state index contributed by atoms with van der Waals surface area (Å²) in [5.41, 5.74) is -0.296. The minimum atomic E-state index is -4.52. The zero-order valence-electron chi connectivity index (χ0n) is 17.7. The first-order valence-electron chi connectivity index (χ1n) is 10.5. The van der Waals surface area contributed by atoms with Crippen LogP contribution in [0.1, 0.15) is 18.4 Å². The second-order valence-corrected chi connectivity index (χ2v) is 8.33. The number of ether oxygens (including phenoxy) is 1. The van der Waals surface area contributed by atoms with E-state index in [1.807, 2.05) is 0 Å². The van der Waals surface area contributed by atoms with Crippen molar-refractivity contribution in [3.05, 3.63) is 47.1 Å². The number of alkyl halides is 3. The van der Waals surface area contributed by atoms with E-state index in [-0.39, 0.29) is 35.1 Å². The highest BCUT2D eigenvalue weighted by Crippen LogP contribution is 2.37. The second kappa shape index (κ2) is 9.09. The number of rotatable bonds is 3. The Balaban J connectivity index is 1.47. The fraction of sp³-hybridized carbons (Fsp3) is 0.409. The lowest BCUT2D eigenvalue weighted by molar-refractivity contribution is -0.137. The number of nitrogens with zero attached hydrogens (tertiary/aromatic N) is 3. The van der Waals surface area contributed by atoms with E-state index in [1.54, 1.807) is 34.1 Å². The van der Waals surface area contributed by atoms with Crippen molar-refractivity contribution < 1.29 is 27.5 Å². The molecule has 1 atom stereocenters. The molecule has 2 amide bonds. The van der Waals surface area contributed by atoms with Crippen LogP contribution in [0.25, 0.3) is 0 Å². The zero-order chi connectivity index (χ0) is 23.8. The predicted molar refractivity (Wildman–Crippen MR) is 116 cm³/mol. The third-order valence-electron chi connectivity index (χ3n) is 5.87. The Morgan fingerprint density at radius 1 is 1.21 bits per heavy atom. The Bertz CT molecular complexity index is 1060. The summed E-state index contributed by atoms with van der Waals surface area (Å²) in [4.78, 5) is 32.8.